The van der Waals surface area contributed by atoms with Crippen LogP contribution < -0.4 is 5.56 Å². The van der Waals surface area contributed by atoms with Gasteiger partial charge >= 0.3 is 0 Å². The Morgan fingerprint density at radius 3 is 2.47 bits per heavy atom. The summed E-state index contributed by atoms with van der Waals surface area (Å²) in [6.07, 6.45) is 0. The van der Waals surface area contributed by atoms with Gasteiger partial charge in [0.25, 0.3) is 11.5 Å². The highest BCUT2D eigenvalue weighted by Gasteiger charge is 2.28. The van der Waals surface area contributed by atoms with Crippen LogP contribution in [0.4, 0.5) is 0 Å². The lowest BCUT2D eigenvalue weighted by Gasteiger charge is -2.32. The van der Waals surface area contributed by atoms with Crippen LogP contribution in [-0.2, 0) is 6.54 Å². The van der Waals surface area contributed by atoms with Gasteiger partial charge < -0.3 is 4.90 Å². The number of hydrogen-bond acceptors (Lipinski definition) is 3. The summed E-state index contributed by atoms with van der Waals surface area (Å²) in [6.45, 7) is 8.81. The summed E-state index contributed by atoms with van der Waals surface area (Å²) in [5.74, 6) is 0.577. The molecule has 0 N–H and O–H groups in total. The summed E-state index contributed by atoms with van der Waals surface area (Å²) in [5, 5.41) is 1.35. The Balaban J connectivity index is 2.15. The molecule has 0 aliphatic rings. The number of halogens is 2. The molecule has 2 aromatic carbocycles. The number of hydrogen-bond donors (Lipinski definition) is 0. The molecule has 158 valence electrons. The van der Waals surface area contributed by atoms with E-state index in [9.17, 15) is 9.59 Å². The second-order valence-corrected chi connectivity index (χ2v) is 8.53. The fraction of sp³-hybridized carbons (Fsp3) is 0.348. The fourth-order valence-corrected chi connectivity index (χ4v) is 3.96. The number of nitrogens with zero attached hydrogens (tertiary/aromatic N) is 3. The maximum atomic E-state index is 13.4. The van der Waals surface area contributed by atoms with Crippen LogP contribution in [0.25, 0.3) is 10.9 Å². The first-order chi connectivity index (χ1) is 14.2. The van der Waals surface area contributed by atoms with E-state index in [0.29, 0.717) is 45.4 Å². The lowest BCUT2D eigenvalue weighted by molar-refractivity contribution is 0.0653. The molecule has 3 aromatic rings. The average Bonchev–Trinajstić information content (AvgIpc) is 2.71. The number of benzene rings is 2. The second-order valence-electron chi connectivity index (χ2n) is 7.69. The number of amides is 1. The maximum Gasteiger partial charge on any atom is 0.261 e. The van der Waals surface area contributed by atoms with Gasteiger partial charge in [0.05, 0.1) is 27.5 Å². The van der Waals surface area contributed by atoms with E-state index in [0.717, 1.165) is 0 Å². The molecular weight excluding hydrogens is 421 g/mol. The number of carbonyl (C=O) groups is 1. The van der Waals surface area contributed by atoms with Crippen molar-refractivity contribution in [2.45, 2.75) is 40.3 Å². The van der Waals surface area contributed by atoms with Crippen molar-refractivity contribution in [1.82, 2.24) is 14.5 Å². The largest absolute Gasteiger partial charge is 0.328 e. The summed E-state index contributed by atoms with van der Waals surface area (Å²) >= 11 is 12.4. The highest BCUT2D eigenvalue weighted by Crippen LogP contribution is 2.26. The predicted octanol–water partition coefficient (Wildman–Crippen LogP) is 5.58. The SMILES string of the molecule is CCn1c(C(C)N(CC(C)C)C(=O)c2ccccc2Cl)nc2ccc(Cl)cc2c1=O. The van der Waals surface area contributed by atoms with E-state index < -0.39 is 6.04 Å². The van der Waals surface area contributed by atoms with E-state index >= 15 is 0 Å². The van der Waals surface area contributed by atoms with Crippen LogP contribution in [0.1, 0.15) is 49.9 Å². The molecule has 7 heteroatoms. The maximum absolute atomic E-state index is 13.4. The molecule has 3 rings (SSSR count). The van der Waals surface area contributed by atoms with Crippen LogP contribution in [0, 0.1) is 5.92 Å². The average molecular weight is 446 g/mol. The minimum absolute atomic E-state index is 0.165. The Bertz CT molecular complexity index is 1140. The lowest BCUT2D eigenvalue weighted by Crippen LogP contribution is -2.39. The van der Waals surface area contributed by atoms with Gasteiger partial charge in [-0.3, -0.25) is 14.2 Å². The standard InChI is InChI=1S/C23H25Cl2N3O2/c1-5-27-21(26-20-11-10-16(24)12-18(20)23(27)30)15(4)28(13-14(2)3)22(29)17-8-6-7-9-19(17)25/h6-12,14-15H,5,13H2,1-4H3. The fourth-order valence-electron chi connectivity index (χ4n) is 3.57. The predicted molar refractivity (Wildman–Crippen MR) is 122 cm³/mol. The first kappa shape index (κ1) is 22.3. The third kappa shape index (κ3) is 4.37. The van der Waals surface area contributed by atoms with Gasteiger partial charge in [-0.1, -0.05) is 49.2 Å². The zero-order valence-corrected chi connectivity index (χ0v) is 19.0. The van der Waals surface area contributed by atoms with Gasteiger partial charge in [-0.2, -0.15) is 0 Å². The summed E-state index contributed by atoms with van der Waals surface area (Å²) in [6, 6.07) is 11.6. The first-order valence-corrected chi connectivity index (χ1v) is 10.8. The molecule has 1 amide bonds. The van der Waals surface area contributed by atoms with Crippen molar-refractivity contribution in [3.8, 4) is 0 Å². The zero-order valence-electron chi connectivity index (χ0n) is 17.5. The Morgan fingerprint density at radius 1 is 1.13 bits per heavy atom. The minimum Gasteiger partial charge on any atom is -0.328 e. The molecule has 0 saturated heterocycles. The molecule has 1 aromatic heterocycles. The Labute approximate surface area is 186 Å². The Hall–Kier alpha value is -2.37. The summed E-state index contributed by atoms with van der Waals surface area (Å²) in [7, 11) is 0. The van der Waals surface area contributed by atoms with Gasteiger partial charge in [-0.15, -0.1) is 0 Å². The quantitative estimate of drug-likeness (QED) is 0.497. The molecule has 0 bridgehead atoms. The van der Waals surface area contributed by atoms with E-state index in [1.165, 1.54) is 0 Å². The second kappa shape index (κ2) is 9.19. The van der Waals surface area contributed by atoms with Crippen molar-refractivity contribution >= 4 is 40.0 Å². The van der Waals surface area contributed by atoms with E-state index in [1.54, 1.807) is 51.9 Å². The third-order valence-corrected chi connectivity index (χ3v) is 5.59. The molecular formula is C23H25Cl2N3O2. The molecule has 5 nitrogen and oxygen atoms in total. The van der Waals surface area contributed by atoms with Crippen molar-refractivity contribution < 1.29 is 4.79 Å². The van der Waals surface area contributed by atoms with Gasteiger partial charge in [-0.05, 0) is 50.1 Å². The lowest BCUT2D eigenvalue weighted by atomic mass is 10.1. The molecule has 0 radical (unpaired) electrons. The van der Waals surface area contributed by atoms with Crippen LogP contribution in [0.3, 0.4) is 0 Å². The molecule has 0 aliphatic heterocycles. The summed E-state index contributed by atoms with van der Waals surface area (Å²) in [4.78, 5) is 33.0. The Morgan fingerprint density at radius 2 is 1.83 bits per heavy atom. The first-order valence-electron chi connectivity index (χ1n) is 10.00. The molecule has 0 fully saturated rings. The van der Waals surface area contributed by atoms with Crippen LogP contribution >= 0.6 is 23.2 Å². The third-order valence-electron chi connectivity index (χ3n) is 5.03. The van der Waals surface area contributed by atoms with Gasteiger partial charge in [0.1, 0.15) is 5.82 Å². The van der Waals surface area contributed by atoms with E-state index in [2.05, 4.69) is 0 Å². The van der Waals surface area contributed by atoms with Crippen LogP contribution in [0.2, 0.25) is 10.0 Å². The Kier molecular flexibility index (Phi) is 6.84. The van der Waals surface area contributed by atoms with Gasteiger partial charge in [-0.25, -0.2) is 4.98 Å². The van der Waals surface area contributed by atoms with E-state index in [-0.39, 0.29) is 17.4 Å². The molecule has 0 spiro atoms. The van der Waals surface area contributed by atoms with Gasteiger partial charge in [0, 0.05) is 18.1 Å². The van der Waals surface area contributed by atoms with Gasteiger partial charge in [0.15, 0.2) is 0 Å². The van der Waals surface area contributed by atoms with Crippen LogP contribution in [0.5, 0.6) is 0 Å². The molecule has 1 atom stereocenters. The molecule has 30 heavy (non-hydrogen) atoms. The molecule has 0 aliphatic carbocycles. The highest BCUT2D eigenvalue weighted by molar-refractivity contribution is 6.33. The van der Waals surface area contributed by atoms with Crippen molar-refractivity contribution in [2.75, 3.05) is 6.54 Å². The van der Waals surface area contributed by atoms with Crippen molar-refractivity contribution in [3.63, 3.8) is 0 Å². The number of aromatic nitrogens is 2. The van der Waals surface area contributed by atoms with Gasteiger partial charge in [0.2, 0.25) is 0 Å². The number of fused-ring (bicyclic) bond motifs is 1. The van der Waals surface area contributed by atoms with Crippen LogP contribution in [0.15, 0.2) is 47.3 Å². The normalized spacial score (nSPS) is 12.4. The molecule has 1 heterocycles. The number of carbonyl (C=O) groups excluding carboxylic acids is 1. The smallest absolute Gasteiger partial charge is 0.261 e. The van der Waals surface area contributed by atoms with Crippen molar-refractivity contribution in [3.05, 3.63) is 74.3 Å². The molecule has 1 unspecified atom stereocenters. The minimum atomic E-state index is -0.427. The van der Waals surface area contributed by atoms with E-state index in [1.807, 2.05) is 27.7 Å². The zero-order chi connectivity index (χ0) is 22.0. The summed E-state index contributed by atoms with van der Waals surface area (Å²) < 4.78 is 1.61. The topological polar surface area (TPSA) is 55.2 Å². The highest BCUT2D eigenvalue weighted by atomic mass is 35.5. The molecule has 0 saturated carbocycles. The van der Waals surface area contributed by atoms with Crippen molar-refractivity contribution in [1.29, 1.82) is 0 Å². The van der Waals surface area contributed by atoms with E-state index in [4.69, 9.17) is 28.2 Å². The number of rotatable bonds is 6. The monoisotopic (exact) mass is 445 g/mol. The summed E-state index contributed by atoms with van der Waals surface area (Å²) in [5.41, 5.74) is 0.830. The van der Waals surface area contributed by atoms with Crippen molar-refractivity contribution in [2.24, 2.45) is 5.92 Å². The van der Waals surface area contributed by atoms with Crippen LogP contribution in [-0.4, -0.2) is 26.9 Å².